The molecule has 1 heterocycles. The highest BCUT2D eigenvalue weighted by Crippen LogP contribution is 2.22. The molecule has 0 saturated heterocycles. The molecule has 0 N–H and O–H groups in total. The van der Waals surface area contributed by atoms with Gasteiger partial charge in [0, 0.05) is 12.3 Å². The number of hydrogen-bond acceptors (Lipinski definition) is 2. The Morgan fingerprint density at radius 3 is 2.90 bits per heavy atom. The molecule has 0 fully saturated rings. The highest BCUT2D eigenvalue weighted by atomic mass is 79.9. The molecule has 0 aliphatic rings. The van der Waals surface area contributed by atoms with Crippen molar-refractivity contribution < 1.29 is 9.13 Å². The lowest BCUT2D eigenvalue weighted by molar-refractivity contribution is 0.406. The van der Waals surface area contributed by atoms with Gasteiger partial charge in [-0.3, -0.25) is 0 Å². The summed E-state index contributed by atoms with van der Waals surface area (Å²) < 4.78 is 17.8. The van der Waals surface area contributed by atoms with E-state index in [0.717, 1.165) is 0 Å². The third-order valence-electron chi connectivity index (χ3n) is 1.01. The van der Waals surface area contributed by atoms with Crippen molar-refractivity contribution in [1.29, 1.82) is 0 Å². The number of pyridine rings is 1. The van der Waals surface area contributed by atoms with Crippen molar-refractivity contribution in [2.24, 2.45) is 0 Å². The van der Waals surface area contributed by atoms with Crippen LogP contribution in [-0.2, 0) is 0 Å². The molecule has 0 atom stereocenters. The molecular formula is C6H5BrFNO. The molecule has 1 rings (SSSR count). The summed E-state index contributed by atoms with van der Waals surface area (Å²) in [5.74, 6) is -0.0902. The van der Waals surface area contributed by atoms with Gasteiger partial charge in [0.2, 0.25) is 5.95 Å². The van der Waals surface area contributed by atoms with Crippen molar-refractivity contribution in [2.45, 2.75) is 0 Å². The summed E-state index contributed by atoms with van der Waals surface area (Å²) >= 11 is 3.14. The molecule has 10 heavy (non-hydrogen) atoms. The van der Waals surface area contributed by atoms with E-state index < -0.39 is 5.95 Å². The van der Waals surface area contributed by atoms with E-state index in [0.29, 0.717) is 10.2 Å². The van der Waals surface area contributed by atoms with Gasteiger partial charge in [-0.1, -0.05) is 0 Å². The summed E-state index contributed by atoms with van der Waals surface area (Å²) in [4.78, 5) is 3.39. The van der Waals surface area contributed by atoms with E-state index in [1.807, 2.05) is 0 Å². The largest absolute Gasteiger partial charge is 0.495 e. The Kier molecular flexibility index (Phi) is 2.21. The molecule has 0 amide bonds. The van der Waals surface area contributed by atoms with E-state index in [-0.39, 0.29) is 0 Å². The number of halogens is 2. The smallest absolute Gasteiger partial charge is 0.216 e. The van der Waals surface area contributed by atoms with E-state index in [4.69, 9.17) is 4.74 Å². The lowest BCUT2D eigenvalue weighted by atomic mass is 10.4. The van der Waals surface area contributed by atoms with Crippen LogP contribution in [0, 0.1) is 5.95 Å². The molecule has 1 aromatic rings. The molecule has 0 aromatic carbocycles. The molecule has 0 aliphatic heterocycles. The van der Waals surface area contributed by atoms with E-state index in [9.17, 15) is 4.39 Å². The summed E-state index contributed by atoms with van der Waals surface area (Å²) in [6.07, 6.45) is 1.36. The molecule has 0 saturated carbocycles. The van der Waals surface area contributed by atoms with Crippen LogP contribution in [0.1, 0.15) is 0 Å². The zero-order chi connectivity index (χ0) is 7.56. The van der Waals surface area contributed by atoms with Gasteiger partial charge < -0.3 is 4.74 Å². The van der Waals surface area contributed by atoms with Gasteiger partial charge in [0.25, 0.3) is 0 Å². The molecule has 0 radical (unpaired) electrons. The fourth-order valence-electron chi connectivity index (χ4n) is 0.553. The Balaban J connectivity index is 3.09. The summed E-state index contributed by atoms with van der Waals surface area (Å²) in [5, 5.41) is 0. The predicted octanol–water partition coefficient (Wildman–Crippen LogP) is 1.99. The van der Waals surface area contributed by atoms with Gasteiger partial charge in [0.15, 0.2) is 0 Å². The molecule has 4 heteroatoms. The maximum absolute atomic E-state index is 12.3. The van der Waals surface area contributed by atoms with Crippen LogP contribution in [-0.4, -0.2) is 12.1 Å². The summed E-state index contributed by atoms with van der Waals surface area (Å²) in [7, 11) is 1.47. The Bertz CT molecular complexity index is 241. The SMILES string of the molecule is COc1cc(F)ncc1Br. The van der Waals surface area contributed by atoms with E-state index in [1.165, 1.54) is 19.4 Å². The zero-order valence-corrected chi connectivity index (χ0v) is 6.85. The van der Waals surface area contributed by atoms with Gasteiger partial charge in [-0.2, -0.15) is 4.39 Å². The topological polar surface area (TPSA) is 22.1 Å². The van der Waals surface area contributed by atoms with Gasteiger partial charge in [-0.25, -0.2) is 4.98 Å². The zero-order valence-electron chi connectivity index (χ0n) is 5.27. The van der Waals surface area contributed by atoms with E-state index in [2.05, 4.69) is 20.9 Å². The number of hydrogen-bond donors (Lipinski definition) is 0. The Hall–Kier alpha value is -0.640. The van der Waals surface area contributed by atoms with Gasteiger partial charge in [-0.05, 0) is 15.9 Å². The molecule has 0 aliphatic carbocycles. The van der Waals surface area contributed by atoms with Crippen LogP contribution in [0.15, 0.2) is 16.7 Å². The van der Waals surface area contributed by atoms with Crippen LogP contribution in [0.25, 0.3) is 0 Å². The minimum atomic E-state index is -0.542. The molecular weight excluding hydrogens is 201 g/mol. The number of ether oxygens (including phenoxy) is 1. The van der Waals surface area contributed by atoms with Crippen molar-refractivity contribution in [2.75, 3.05) is 7.11 Å². The van der Waals surface area contributed by atoms with Crippen LogP contribution in [0.5, 0.6) is 5.75 Å². The first-order valence-corrected chi connectivity index (χ1v) is 3.38. The molecule has 0 spiro atoms. The van der Waals surface area contributed by atoms with Crippen LogP contribution in [0.2, 0.25) is 0 Å². The summed E-state index contributed by atoms with van der Waals surface area (Å²) in [5.41, 5.74) is 0. The lowest BCUT2D eigenvalue weighted by Gasteiger charge is -1.99. The monoisotopic (exact) mass is 205 g/mol. The quantitative estimate of drug-likeness (QED) is 0.655. The highest BCUT2D eigenvalue weighted by Gasteiger charge is 2.00. The first-order chi connectivity index (χ1) is 4.74. The lowest BCUT2D eigenvalue weighted by Crippen LogP contribution is -1.87. The molecule has 0 bridgehead atoms. The highest BCUT2D eigenvalue weighted by molar-refractivity contribution is 9.10. The third kappa shape index (κ3) is 1.44. The summed E-state index contributed by atoms with van der Waals surface area (Å²) in [6, 6.07) is 1.21. The van der Waals surface area contributed by atoms with Crippen molar-refractivity contribution in [1.82, 2.24) is 4.98 Å². The molecule has 1 aromatic heterocycles. The average molecular weight is 206 g/mol. The van der Waals surface area contributed by atoms with Gasteiger partial charge in [0.05, 0.1) is 11.6 Å². The molecule has 54 valence electrons. The van der Waals surface area contributed by atoms with Crippen molar-refractivity contribution in [3.63, 3.8) is 0 Å². The first-order valence-electron chi connectivity index (χ1n) is 2.59. The second-order valence-electron chi connectivity index (χ2n) is 1.64. The minimum Gasteiger partial charge on any atom is -0.495 e. The van der Waals surface area contributed by atoms with Gasteiger partial charge in [-0.15, -0.1) is 0 Å². The molecule has 0 unspecified atom stereocenters. The second kappa shape index (κ2) is 2.96. The third-order valence-corrected chi connectivity index (χ3v) is 1.60. The van der Waals surface area contributed by atoms with E-state index in [1.54, 1.807) is 0 Å². The van der Waals surface area contributed by atoms with Crippen LogP contribution >= 0.6 is 15.9 Å². The van der Waals surface area contributed by atoms with Crippen LogP contribution in [0.3, 0.4) is 0 Å². The van der Waals surface area contributed by atoms with Crippen LogP contribution in [0.4, 0.5) is 4.39 Å². The first kappa shape index (κ1) is 7.47. The van der Waals surface area contributed by atoms with Crippen molar-refractivity contribution >= 4 is 15.9 Å². The van der Waals surface area contributed by atoms with E-state index >= 15 is 0 Å². The average Bonchev–Trinajstić information content (AvgIpc) is 1.94. The minimum absolute atomic E-state index is 0.451. The fraction of sp³-hybridized carbons (Fsp3) is 0.167. The standard InChI is InChI=1S/C6H5BrFNO/c1-10-5-2-6(8)9-3-4(5)7/h2-3H,1H3. The normalized spacial score (nSPS) is 9.50. The number of aromatic nitrogens is 1. The Morgan fingerprint density at radius 2 is 2.40 bits per heavy atom. The maximum Gasteiger partial charge on any atom is 0.216 e. The molecule has 2 nitrogen and oxygen atoms in total. The Morgan fingerprint density at radius 1 is 1.70 bits per heavy atom. The number of nitrogens with zero attached hydrogens (tertiary/aromatic N) is 1. The maximum atomic E-state index is 12.3. The second-order valence-corrected chi connectivity index (χ2v) is 2.50. The number of rotatable bonds is 1. The fourth-order valence-corrected chi connectivity index (χ4v) is 0.931. The predicted molar refractivity (Wildman–Crippen MR) is 38.4 cm³/mol. The Labute approximate surface area is 66.2 Å². The summed E-state index contributed by atoms with van der Waals surface area (Å²) in [6.45, 7) is 0. The van der Waals surface area contributed by atoms with Crippen LogP contribution < -0.4 is 4.74 Å². The van der Waals surface area contributed by atoms with Crippen molar-refractivity contribution in [3.8, 4) is 5.75 Å². The van der Waals surface area contributed by atoms with Gasteiger partial charge >= 0.3 is 0 Å². The van der Waals surface area contributed by atoms with Crippen molar-refractivity contribution in [3.05, 3.63) is 22.7 Å². The number of methoxy groups -OCH3 is 1. The van der Waals surface area contributed by atoms with Gasteiger partial charge in [0.1, 0.15) is 5.75 Å².